The van der Waals surface area contributed by atoms with Crippen LogP contribution in [0.1, 0.15) is 40.0 Å². The number of fused-ring (bicyclic) bond motifs is 1. The average Bonchev–Trinajstić information content (AvgIpc) is 2.54. The molecule has 124 valence electrons. The Morgan fingerprint density at radius 3 is 2.57 bits per heavy atom. The first kappa shape index (κ1) is 16.7. The zero-order valence-corrected chi connectivity index (χ0v) is 15.0. The molecule has 3 rings (SSSR count). The van der Waals surface area contributed by atoms with E-state index in [0.717, 1.165) is 16.7 Å². The van der Waals surface area contributed by atoms with Gasteiger partial charge in [-0.2, -0.15) is 0 Å². The van der Waals surface area contributed by atoms with Crippen LogP contribution in [0.5, 0.6) is 0 Å². The Kier molecular flexibility index (Phi) is 5.17. The van der Waals surface area contributed by atoms with Crippen molar-refractivity contribution >= 4 is 21.9 Å². The molecule has 4 atom stereocenters. The van der Waals surface area contributed by atoms with Crippen molar-refractivity contribution in [2.24, 2.45) is 17.8 Å². The lowest BCUT2D eigenvalue weighted by Gasteiger charge is -2.36. The Morgan fingerprint density at radius 1 is 1.09 bits per heavy atom. The Labute approximate surface area is 141 Å². The fourth-order valence-corrected chi connectivity index (χ4v) is 4.62. The van der Waals surface area contributed by atoms with Crippen LogP contribution in [0.25, 0.3) is 10.8 Å². The summed E-state index contributed by atoms with van der Waals surface area (Å²) < 4.78 is 18.8. The van der Waals surface area contributed by atoms with Crippen molar-refractivity contribution in [2.75, 3.05) is 0 Å². The average molecular weight is 330 g/mol. The highest BCUT2D eigenvalue weighted by Crippen LogP contribution is 2.36. The summed E-state index contributed by atoms with van der Waals surface area (Å²) in [5, 5.41) is 2.28. The molecule has 2 aromatic rings. The minimum atomic E-state index is -1.39. The van der Waals surface area contributed by atoms with Crippen LogP contribution in [-0.2, 0) is 15.3 Å². The van der Waals surface area contributed by atoms with E-state index in [0.29, 0.717) is 17.8 Å². The van der Waals surface area contributed by atoms with Gasteiger partial charge in [0.2, 0.25) is 0 Å². The molecule has 23 heavy (non-hydrogen) atoms. The van der Waals surface area contributed by atoms with Crippen molar-refractivity contribution in [1.29, 1.82) is 0 Å². The van der Waals surface area contributed by atoms with E-state index in [1.807, 2.05) is 30.3 Å². The minimum absolute atomic E-state index is 0.103. The zero-order chi connectivity index (χ0) is 16.4. The second kappa shape index (κ2) is 7.14. The Hall–Kier alpha value is -1.19. The fourth-order valence-electron chi connectivity index (χ4n) is 3.66. The van der Waals surface area contributed by atoms with E-state index >= 15 is 0 Å². The topological polar surface area (TPSA) is 26.3 Å². The lowest BCUT2D eigenvalue weighted by Crippen LogP contribution is -2.34. The molecule has 0 radical (unpaired) electrons. The highest BCUT2D eigenvalue weighted by Gasteiger charge is 2.33. The predicted octanol–water partition coefficient (Wildman–Crippen LogP) is 5.34. The van der Waals surface area contributed by atoms with Gasteiger partial charge in [0.25, 0.3) is 0 Å². The normalized spacial score (nSPS) is 26.5. The molecule has 0 bridgehead atoms. The summed E-state index contributed by atoms with van der Waals surface area (Å²) in [6.07, 6.45) is 3.55. The molecule has 0 unspecified atom stereocenters. The molecule has 0 amide bonds. The van der Waals surface area contributed by atoms with E-state index in [4.69, 9.17) is 4.18 Å². The molecule has 1 saturated carbocycles. The van der Waals surface area contributed by atoms with E-state index in [2.05, 4.69) is 32.9 Å². The molecular formula is C20H26O2S. The van der Waals surface area contributed by atoms with Crippen LogP contribution in [0.4, 0.5) is 0 Å². The van der Waals surface area contributed by atoms with Gasteiger partial charge in [-0.05, 0) is 53.5 Å². The maximum Gasteiger partial charge on any atom is 0.189 e. The molecule has 2 aromatic carbocycles. The summed E-state index contributed by atoms with van der Waals surface area (Å²) in [5.41, 5.74) is 0. The molecule has 0 N–H and O–H groups in total. The quantitative estimate of drug-likeness (QED) is 0.756. The van der Waals surface area contributed by atoms with Gasteiger partial charge in [0.1, 0.15) is 0 Å². The summed E-state index contributed by atoms with van der Waals surface area (Å²) in [4.78, 5) is 0.768. The predicted molar refractivity (Wildman–Crippen MR) is 96.6 cm³/mol. The van der Waals surface area contributed by atoms with Gasteiger partial charge in [-0.1, -0.05) is 57.5 Å². The van der Waals surface area contributed by atoms with Crippen molar-refractivity contribution in [3.05, 3.63) is 42.5 Å². The van der Waals surface area contributed by atoms with Crippen LogP contribution in [0.3, 0.4) is 0 Å². The molecule has 0 aliphatic heterocycles. The van der Waals surface area contributed by atoms with Crippen LogP contribution >= 0.6 is 0 Å². The zero-order valence-electron chi connectivity index (χ0n) is 14.2. The Balaban J connectivity index is 1.78. The smallest absolute Gasteiger partial charge is 0.189 e. The van der Waals surface area contributed by atoms with E-state index in [-0.39, 0.29) is 6.10 Å². The monoisotopic (exact) mass is 330 g/mol. The van der Waals surface area contributed by atoms with Gasteiger partial charge in [0.05, 0.1) is 11.0 Å². The van der Waals surface area contributed by atoms with Crippen LogP contribution in [-0.4, -0.2) is 10.3 Å². The second-order valence-corrected chi connectivity index (χ2v) is 8.34. The van der Waals surface area contributed by atoms with Gasteiger partial charge in [-0.3, -0.25) is 4.18 Å². The fraction of sp³-hybridized carbons (Fsp3) is 0.500. The Morgan fingerprint density at radius 2 is 1.83 bits per heavy atom. The first-order valence-electron chi connectivity index (χ1n) is 8.62. The summed E-state index contributed by atoms with van der Waals surface area (Å²) in [6, 6.07) is 14.1. The Bertz CT molecular complexity index is 695. The SMILES string of the molecule is CC(C)[C@@H]1CC[C@@H](C)C[C@H]1O[S@](=O)c1ccc2ccccc2c1. The molecule has 0 spiro atoms. The second-order valence-electron chi connectivity index (χ2n) is 7.20. The molecule has 0 aromatic heterocycles. The number of hydrogen-bond donors (Lipinski definition) is 0. The molecule has 0 heterocycles. The summed E-state index contributed by atoms with van der Waals surface area (Å²) in [7, 11) is 0. The lowest BCUT2D eigenvalue weighted by molar-refractivity contribution is 0.0567. The molecular weight excluding hydrogens is 304 g/mol. The first-order chi connectivity index (χ1) is 11.0. The van der Waals surface area contributed by atoms with Crippen molar-refractivity contribution in [1.82, 2.24) is 0 Å². The van der Waals surface area contributed by atoms with Gasteiger partial charge in [0, 0.05) is 0 Å². The number of hydrogen-bond acceptors (Lipinski definition) is 2. The highest BCUT2D eigenvalue weighted by atomic mass is 32.2. The van der Waals surface area contributed by atoms with Crippen LogP contribution < -0.4 is 0 Å². The summed E-state index contributed by atoms with van der Waals surface area (Å²) in [5.74, 6) is 1.74. The van der Waals surface area contributed by atoms with E-state index in [1.54, 1.807) is 0 Å². The van der Waals surface area contributed by atoms with Gasteiger partial charge in [0.15, 0.2) is 11.1 Å². The molecule has 0 saturated heterocycles. The third kappa shape index (κ3) is 3.84. The maximum atomic E-state index is 12.7. The molecule has 2 nitrogen and oxygen atoms in total. The summed E-state index contributed by atoms with van der Waals surface area (Å²) >= 11 is -1.39. The van der Waals surface area contributed by atoms with E-state index < -0.39 is 11.1 Å². The van der Waals surface area contributed by atoms with Gasteiger partial charge < -0.3 is 0 Å². The number of rotatable bonds is 4. The van der Waals surface area contributed by atoms with Gasteiger partial charge in [-0.25, -0.2) is 4.21 Å². The van der Waals surface area contributed by atoms with Crippen molar-refractivity contribution in [3.8, 4) is 0 Å². The van der Waals surface area contributed by atoms with Crippen molar-refractivity contribution < 1.29 is 8.39 Å². The maximum absolute atomic E-state index is 12.7. The van der Waals surface area contributed by atoms with Crippen LogP contribution in [0, 0.1) is 17.8 Å². The first-order valence-corrected chi connectivity index (χ1v) is 9.70. The van der Waals surface area contributed by atoms with Gasteiger partial charge >= 0.3 is 0 Å². The minimum Gasteiger partial charge on any atom is -0.283 e. The van der Waals surface area contributed by atoms with E-state index in [9.17, 15) is 4.21 Å². The largest absolute Gasteiger partial charge is 0.283 e. The van der Waals surface area contributed by atoms with Gasteiger partial charge in [-0.15, -0.1) is 0 Å². The summed E-state index contributed by atoms with van der Waals surface area (Å²) in [6.45, 7) is 6.76. The number of benzene rings is 2. The van der Waals surface area contributed by atoms with Crippen LogP contribution in [0.15, 0.2) is 47.4 Å². The van der Waals surface area contributed by atoms with E-state index in [1.165, 1.54) is 18.2 Å². The van der Waals surface area contributed by atoms with Crippen molar-refractivity contribution in [2.45, 2.75) is 51.0 Å². The third-order valence-corrected chi connectivity index (χ3v) is 6.15. The third-order valence-electron chi connectivity index (χ3n) is 5.09. The standard InChI is InChI=1S/C20H26O2S/c1-14(2)19-11-8-15(3)12-20(19)22-23(21)18-10-9-16-6-4-5-7-17(16)13-18/h4-7,9-10,13-15,19-20H,8,11-12H2,1-3H3/t15-,19+,20-,23+/m1/s1. The van der Waals surface area contributed by atoms with Crippen LogP contribution in [0.2, 0.25) is 0 Å². The highest BCUT2D eigenvalue weighted by molar-refractivity contribution is 7.80. The molecule has 1 aliphatic carbocycles. The molecule has 1 aliphatic rings. The molecule has 3 heteroatoms. The lowest BCUT2D eigenvalue weighted by atomic mass is 9.75. The molecule has 1 fully saturated rings. The van der Waals surface area contributed by atoms with Crippen molar-refractivity contribution in [3.63, 3.8) is 0 Å².